The lowest BCUT2D eigenvalue weighted by molar-refractivity contribution is -0.126. The van der Waals surface area contributed by atoms with E-state index in [9.17, 15) is 16.8 Å². The molecule has 0 bridgehead atoms. The highest BCUT2D eigenvalue weighted by molar-refractivity contribution is 7.86. The lowest BCUT2D eigenvalue weighted by Crippen LogP contribution is -2.54. The van der Waals surface area contributed by atoms with Crippen LogP contribution in [0.3, 0.4) is 0 Å². The van der Waals surface area contributed by atoms with Crippen molar-refractivity contribution in [1.29, 1.82) is 0 Å². The second-order valence-electron chi connectivity index (χ2n) is 12.7. The monoisotopic (exact) mass is 518 g/mol. The minimum atomic E-state index is -3.39. The predicted molar refractivity (Wildman–Crippen MR) is 134 cm³/mol. The van der Waals surface area contributed by atoms with E-state index in [-0.39, 0.29) is 6.10 Å². The Balaban J connectivity index is 1.40. The fourth-order valence-corrected chi connectivity index (χ4v) is 10.4. The first kappa shape index (κ1) is 26.9. The predicted octanol–water partition coefficient (Wildman–Crippen LogP) is 5.38. The van der Waals surface area contributed by atoms with Crippen LogP contribution >= 0.6 is 0 Å². The summed E-state index contributed by atoms with van der Waals surface area (Å²) in [4.78, 5) is 0. The highest BCUT2D eigenvalue weighted by Crippen LogP contribution is 2.68. The van der Waals surface area contributed by atoms with E-state index < -0.39 is 20.2 Å². The number of fused-ring (bicyclic) bond motifs is 5. The van der Waals surface area contributed by atoms with Gasteiger partial charge in [0, 0.05) is 0 Å². The van der Waals surface area contributed by atoms with Crippen molar-refractivity contribution in [2.24, 2.45) is 46.3 Å². The molecule has 0 spiro atoms. The topological polar surface area (TPSA) is 86.7 Å². The third-order valence-corrected chi connectivity index (χ3v) is 12.0. The van der Waals surface area contributed by atoms with Crippen molar-refractivity contribution in [3.05, 3.63) is 0 Å². The SMILES string of the molecule is C[C@H](CCCOS(C)(=O)=O)[C@H]1CC[C@H]2[C@@H]3CC[C@@H]4C[C@@H](OS(C)(=O)=O)CC[C@]4(C)[C@H]3CC[C@]12C. The van der Waals surface area contributed by atoms with Crippen LogP contribution in [-0.4, -0.2) is 42.1 Å². The van der Waals surface area contributed by atoms with Crippen LogP contribution in [0.4, 0.5) is 0 Å². The zero-order valence-electron chi connectivity index (χ0n) is 21.8. The van der Waals surface area contributed by atoms with E-state index in [0.717, 1.165) is 56.1 Å². The fourth-order valence-electron chi connectivity index (χ4n) is 9.35. The molecule has 4 fully saturated rings. The van der Waals surface area contributed by atoms with Gasteiger partial charge in [0.15, 0.2) is 0 Å². The van der Waals surface area contributed by atoms with Crippen LogP contribution in [0.1, 0.15) is 91.4 Å². The fraction of sp³-hybridized carbons (Fsp3) is 1.00. The maximum atomic E-state index is 11.7. The van der Waals surface area contributed by atoms with Crippen LogP contribution in [0.5, 0.6) is 0 Å². The molecule has 0 N–H and O–H groups in total. The molecule has 198 valence electrons. The Kier molecular flexibility index (Phi) is 7.59. The lowest BCUT2D eigenvalue weighted by Gasteiger charge is -2.61. The second-order valence-corrected chi connectivity index (χ2v) is 16.0. The van der Waals surface area contributed by atoms with Crippen molar-refractivity contribution in [3.8, 4) is 0 Å². The molecule has 4 aliphatic carbocycles. The van der Waals surface area contributed by atoms with Crippen LogP contribution in [0.25, 0.3) is 0 Å². The smallest absolute Gasteiger partial charge is 0.264 e. The molecule has 0 aromatic carbocycles. The summed E-state index contributed by atoms with van der Waals surface area (Å²) in [5, 5.41) is 0. The highest BCUT2D eigenvalue weighted by Gasteiger charge is 2.60. The zero-order valence-corrected chi connectivity index (χ0v) is 23.4. The number of hydrogen-bond acceptors (Lipinski definition) is 6. The third-order valence-electron chi connectivity index (χ3n) is 10.8. The molecule has 9 atom stereocenters. The molecular weight excluding hydrogens is 472 g/mol. The summed E-state index contributed by atoms with van der Waals surface area (Å²) < 4.78 is 56.3. The van der Waals surface area contributed by atoms with Gasteiger partial charge in [0.05, 0.1) is 25.2 Å². The number of hydrogen-bond donors (Lipinski definition) is 0. The molecule has 8 heteroatoms. The van der Waals surface area contributed by atoms with Crippen LogP contribution in [0, 0.1) is 46.3 Å². The van der Waals surface area contributed by atoms with Gasteiger partial charge in [-0.1, -0.05) is 20.8 Å². The normalized spacial score (nSPS) is 43.6. The standard InChI is InChI=1S/C26H46O6S2/c1-18(7-6-16-31-33(4,27)28)22-10-11-23-21-9-8-19-17-20(32-34(5,29)30)12-14-25(19,2)24(21)13-15-26(22,23)3/h18-24H,6-17H2,1-5H3/t18-,19-,20+,21+,22-,23+,24+,25+,26-/m1/s1. The molecule has 0 aliphatic heterocycles. The Morgan fingerprint density at radius 2 is 1.53 bits per heavy atom. The van der Waals surface area contributed by atoms with Gasteiger partial charge in [0.25, 0.3) is 20.2 Å². The summed E-state index contributed by atoms with van der Waals surface area (Å²) in [5.41, 5.74) is 0.701. The first-order valence-electron chi connectivity index (χ1n) is 13.5. The van der Waals surface area contributed by atoms with E-state index in [1.165, 1.54) is 44.8 Å². The summed E-state index contributed by atoms with van der Waals surface area (Å²) in [6.07, 6.45) is 14.5. The van der Waals surface area contributed by atoms with Crippen LogP contribution < -0.4 is 0 Å². The van der Waals surface area contributed by atoms with E-state index in [1.54, 1.807) is 0 Å². The van der Waals surface area contributed by atoms with Crippen molar-refractivity contribution in [3.63, 3.8) is 0 Å². The summed E-state index contributed by atoms with van der Waals surface area (Å²) in [6.45, 7) is 7.72. The van der Waals surface area contributed by atoms with Gasteiger partial charge in [-0.2, -0.15) is 16.8 Å². The van der Waals surface area contributed by atoms with Crippen molar-refractivity contribution in [2.45, 2.75) is 97.5 Å². The first-order valence-corrected chi connectivity index (χ1v) is 17.1. The van der Waals surface area contributed by atoms with E-state index in [1.807, 2.05) is 0 Å². The summed E-state index contributed by atoms with van der Waals surface area (Å²) >= 11 is 0. The van der Waals surface area contributed by atoms with Gasteiger partial charge >= 0.3 is 0 Å². The Labute approximate surface area is 208 Å². The van der Waals surface area contributed by atoms with Crippen molar-refractivity contribution < 1.29 is 25.2 Å². The molecule has 6 nitrogen and oxygen atoms in total. The minimum absolute atomic E-state index is 0.137. The molecule has 0 aromatic heterocycles. The molecule has 0 aromatic rings. The van der Waals surface area contributed by atoms with Crippen molar-refractivity contribution >= 4 is 20.2 Å². The maximum absolute atomic E-state index is 11.7. The second kappa shape index (κ2) is 9.60. The van der Waals surface area contributed by atoms with Crippen molar-refractivity contribution in [2.75, 3.05) is 19.1 Å². The van der Waals surface area contributed by atoms with E-state index in [2.05, 4.69) is 20.8 Å². The van der Waals surface area contributed by atoms with Crippen molar-refractivity contribution in [1.82, 2.24) is 0 Å². The molecule has 4 rings (SSSR count). The molecule has 0 saturated heterocycles. The number of rotatable bonds is 8. The Morgan fingerprint density at radius 3 is 2.21 bits per heavy atom. The van der Waals surface area contributed by atoms with Gasteiger partial charge < -0.3 is 0 Å². The van der Waals surface area contributed by atoms with Crippen LogP contribution in [0.2, 0.25) is 0 Å². The molecular formula is C26H46O6S2. The van der Waals surface area contributed by atoms with E-state index >= 15 is 0 Å². The summed E-state index contributed by atoms with van der Waals surface area (Å²) in [6, 6.07) is 0. The average molecular weight is 519 g/mol. The minimum Gasteiger partial charge on any atom is -0.270 e. The average Bonchev–Trinajstić information content (AvgIpc) is 3.07. The lowest BCUT2D eigenvalue weighted by atomic mass is 9.44. The van der Waals surface area contributed by atoms with Gasteiger partial charge in [-0.25, -0.2) is 0 Å². The van der Waals surface area contributed by atoms with Gasteiger partial charge in [0.1, 0.15) is 0 Å². The maximum Gasteiger partial charge on any atom is 0.264 e. The van der Waals surface area contributed by atoms with Gasteiger partial charge in [0.2, 0.25) is 0 Å². The van der Waals surface area contributed by atoms with Crippen LogP contribution in [0.15, 0.2) is 0 Å². The summed E-state index contributed by atoms with van der Waals surface area (Å²) in [5.74, 6) is 4.20. The Bertz CT molecular complexity index is 946. The van der Waals surface area contributed by atoms with E-state index in [4.69, 9.17) is 8.37 Å². The largest absolute Gasteiger partial charge is 0.270 e. The molecule has 0 radical (unpaired) electrons. The zero-order chi connectivity index (χ0) is 24.9. The highest BCUT2D eigenvalue weighted by atomic mass is 32.2. The summed E-state index contributed by atoms with van der Waals surface area (Å²) in [7, 11) is -6.74. The van der Waals surface area contributed by atoms with Gasteiger partial charge in [-0.3, -0.25) is 8.37 Å². The quantitative estimate of drug-likeness (QED) is 0.317. The Hall–Kier alpha value is -0.180. The van der Waals surface area contributed by atoms with E-state index in [0.29, 0.717) is 35.2 Å². The first-order chi connectivity index (χ1) is 15.7. The molecule has 0 heterocycles. The molecule has 0 amide bonds. The van der Waals surface area contributed by atoms with Gasteiger partial charge in [-0.05, 0) is 117 Å². The molecule has 4 saturated carbocycles. The third kappa shape index (κ3) is 5.40. The van der Waals surface area contributed by atoms with Gasteiger partial charge in [-0.15, -0.1) is 0 Å². The molecule has 4 aliphatic rings. The molecule has 0 unspecified atom stereocenters. The Morgan fingerprint density at radius 1 is 0.853 bits per heavy atom. The van der Waals surface area contributed by atoms with Crippen LogP contribution in [-0.2, 0) is 28.6 Å². The molecule has 34 heavy (non-hydrogen) atoms.